The Hall–Kier alpha value is -2.21. The van der Waals surface area contributed by atoms with Crippen molar-refractivity contribution in [3.05, 3.63) is 63.9 Å². The van der Waals surface area contributed by atoms with Crippen LogP contribution >= 0.6 is 15.9 Å². The first-order valence-corrected chi connectivity index (χ1v) is 7.86. The minimum Gasteiger partial charge on any atom is -0.452 e. The van der Waals surface area contributed by atoms with Gasteiger partial charge in [0.2, 0.25) is 0 Å². The van der Waals surface area contributed by atoms with Gasteiger partial charge in [0, 0.05) is 16.7 Å². The van der Waals surface area contributed by atoms with Crippen LogP contribution in [0, 0.1) is 5.82 Å². The van der Waals surface area contributed by atoms with Gasteiger partial charge in [-0.3, -0.25) is 4.79 Å². The molecule has 1 amide bonds. The number of fused-ring (bicyclic) bond motifs is 1. The molecule has 4 nitrogen and oxygen atoms in total. The van der Waals surface area contributed by atoms with Crippen LogP contribution in [0.15, 0.2) is 46.9 Å². The number of ether oxygens (including phenoxy) is 1. The normalized spacial score (nSPS) is 12.9. The molecule has 0 saturated carbocycles. The van der Waals surface area contributed by atoms with E-state index in [1.54, 1.807) is 4.90 Å². The number of rotatable bonds is 3. The smallest absolute Gasteiger partial charge is 0.339 e. The van der Waals surface area contributed by atoms with E-state index in [1.807, 2.05) is 24.3 Å². The summed E-state index contributed by atoms with van der Waals surface area (Å²) in [5.74, 6) is -1.58. The number of para-hydroxylation sites is 1. The number of amides is 1. The Bertz CT molecular complexity index is 778. The van der Waals surface area contributed by atoms with Crippen LogP contribution in [0.3, 0.4) is 0 Å². The summed E-state index contributed by atoms with van der Waals surface area (Å²) in [6.07, 6.45) is 0.783. The highest BCUT2D eigenvalue weighted by molar-refractivity contribution is 9.10. The van der Waals surface area contributed by atoms with Crippen LogP contribution in [-0.2, 0) is 16.0 Å². The first-order valence-electron chi connectivity index (χ1n) is 7.06. The number of halogens is 2. The van der Waals surface area contributed by atoms with Crippen LogP contribution in [0.1, 0.15) is 15.9 Å². The summed E-state index contributed by atoms with van der Waals surface area (Å²) < 4.78 is 18.7. The zero-order valence-corrected chi connectivity index (χ0v) is 13.7. The molecule has 23 heavy (non-hydrogen) atoms. The maximum absolute atomic E-state index is 13.2. The van der Waals surface area contributed by atoms with Crippen LogP contribution < -0.4 is 4.90 Å². The van der Waals surface area contributed by atoms with Gasteiger partial charge in [-0.15, -0.1) is 0 Å². The lowest BCUT2D eigenvalue weighted by Gasteiger charge is -2.17. The zero-order valence-electron chi connectivity index (χ0n) is 12.1. The third-order valence-electron chi connectivity index (χ3n) is 3.66. The number of hydrogen-bond acceptors (Lipinski definition) is 3. The molecule has 0 radical (unpaired) electrons. The molecule has 3 rings (SSSR count). The molecule has 2 aromatic carbocycles. The van der Waals surface area contributed by atoms with Crippen molar-refractivity contribution < 1.29 is 18.7 Å². The Balaban J connectivity index is 1.66. The number of carbonyl (C=O) groups is 2. The molecule has 0 aliphatic carbocycles. The third-order valence-corrected chi connectivity index (χ3v) is 4.35. The Morgan fingerprint density at radius 1 is 1.22 bits per heavy atom. The Morgan fingerprint density at radius 2 is 2.00 bits per heavy atom. The number of benzene rings is 2. The second-order valence-electron chi connectivity index (χ2n) is 5.12. The molecule has 0 fully saturated rings. The SMILES string of the molecule is O=C(OCC(=O)N1CCc2ccccc21)c1cc(F)ccc1Br. The fourth-order valence-electron chi connectivity index (χ4n) is 2.53. The summed E-state index contributed by atoms with van der Waals surface area (Å²) in [6.45, 7) is 0.190. The van der Waals surface area contributed by atoms with Crippen molar-refractivity contribution >= 4 is 33.5 Å². The van der Waals surface area contributed by atoms with Gasteiger partial charge >= 0.3 is 5.97 Å². The Morgan fingerprint density at radius 3 is 2.83 bits per heavy atom. The van der Waals surface area contributed by atoms with E-state index in [0.29, 0.717) is 11.0 Å². The average Bonchev–Trinajstić information content (AvgIpc) is 2.98. The van der Waals surface area contributed by atoms with E-state index in [1.165, 1.54) is 12.1 Å². The van der Waals surface area contributed by atoms with E-state index < -0.39 is 11.8 Å². The lowest BCUT2D eigenvalue weighted by molar-refractivity contribution is -0.121. The van der Waals surface area contributed by atoms with Gasteiger partial charge in [0.05, 0.1) is 5.56 Å². The number of nitrogens with zero attached hydrogens (tertiary/aromatic N) is 1. The first-order chi connectivity index (χ1) is 11.1. The second kappa shape index (κ2) is 6.50. The van der Waals surface area contributed by atoms with Gasteiger partial charge in [-0.25, -0.2) is 9.18 Å². The molecule has 0 spiro atoms. The maximum atomic E-state index is 13.2. The molecule has 6 heteroatoms. The van der Waals surface area contributed by atoms with Crippen LogP contribution in [0.5, 0.6) is 0 Å². The highest BCUT2D eigenvalue weighted by atomic mass is 79.9. The summed E-state index contributed by atoms with van der Waals surface area (Å²) >= 11 is 3.16. The van der Waals surface area contributed by atoms with E-state index in [0.717, 1.165) is 23.7 Å². The van der Waals surface area contributed by atoms with Crippen LogP contribution in [0.4, 0.5) is 10.1 Å². The second-order valence-corrected chi connectivity index (χ2v) is 5.98. The van der Waals surface area contributed by atoms with Crippen molar-refractivity contribution in [2.75, 3.05) is 18.1 Å². The molecule has 0 N–H and O–H groups in total. The number of anilines is 1. The summed E-state index contributed by atoms with van der Waals surface area (Å²) in [5.41, 5.74) is 2.00. The summed E-state index contributed by atoms with van der Waals surface area (Å²) in [5, 5.41) is 0. The van der Waals surface area contributed by atoms with E-state index >= 15 is 0 Å². The van der Waals surface area contributed by atoms with Gasteiger partial charge in [-0.05, 0) is 52.2 Å². The molecule has 1 aliphatic heterocycles. The Labute approximate surface area is 141 Å². The van der Waals surface area contributed by atoms with Crippen molar-refractivity contribution in [1.82, 2.24) is 0 Å². The van der Waals surface area contributed by atoms with Crippen LogP contribution in [0.25, 0.3) is 0 Å². The Kier molecular flexibility index (Phi) is 4.43. The molecule has 0 saturated heterocycles. The highest BCUT2D eigenvalue weighted by Crippen LogP contribution is 2.27. The first kappa shape index (κ1) is 15.7. The minimum absolute atomic E-state index is 0.0552. The van der Waals surface area contributed by atoms with Gasteiger partial charge in [-0.2, -0.15) is 0 Å². The number of hydrogen-bond donors (Lipinski definition) is 0. The van der Waals surface area contributed by atoms with Gasteiger partial charge in [0.15, 0.2) is 6.61 Å². The largest absolute Gasteiger partial charge is 0.452 e. The predicted octanol–water partition coefficient (Wildman–Crippen LogP) is 3.33. The summed E-state index contributed by atoms with van der Waals surface area (Å²) in [7, 11) is 0. The maximum Gasteiger partial charge on any atom is 0.339 e. The van der Waals surface area contributed by atoms with E-state index in [2.05, 4.69) is 15.9 Å². The van der Waals surface area contributed by atoms with Gasteiger partial charge < -0.3 is 9.64 Å². The van der Waals surface area contributed by atoms with Gasteiger partial charge in [-0.1, -0.05) is 18.2 Å². The molecule has 0 bridgehead atoms. The van der Waals surface area contributed by atoms with Crippen molar-refractivity contribution in [2.24, 2.45) is 0 Å². The lowest BCUT2D eigenvalue weighted by atomic mass is 10.2. The lowest BCUT2D eigenvalue weighted by Crippen LogP contribution is -2.33. The molecular weight excluding hydrogens is 365 g/mol. The molecule has 0 aromatic heterocycles. The quantitative estimate of drug-likeness (QED) is 0.770. The molecule has 0 atom stereocenters. The standard InChI is InChI=1S/C17H13BrFNO3/c18-14-6-5-12(19)9-13(14)17(22)23-10-16(21)20-8-7-11-3-1-2-4-15(11)20/h1-6,9H,7-8,10H2. The van der Waals surface area contributed by atoms with Crippen molar-refractivity contribution in [3.63, 3.8) is 0 Å². The summed E-state index contributed by atoms with van der Waals surface area (Å²) in [4.78, 5) is 25.9. The molecule has 0 unspecified atom stereocenters. The third kappa shape index (κ3) is 3.27. The average molecular weight is 378 g/mol. The van der Waals surface area contributed by atoms with Crippen molar-refractivity contribution in [1.29, 1.82) is 0 Å². The van der Waals surface area contributed by atoms with E-state index in [-0.39, 0.29) is 18.1 Å². The molecule has 2 aromatic rings. The monoisotopic (exact) mass is 377 g/mol. The van der Waals surface area contributed by atoms with Crippen molar-refractivity contribution in [3.8, 4) is 0 Å². The highest BCUT2D eigenvalue weighted by Gasteiger charge is 2.25. The number of carbonyl (C=O) groups excluding carboxylic acids is 2. The summed E-state index contributed by atoms with van der Waals surface area (Å²) in [6, 6.07) is 11.3. The molecular formula is C17H13BrFNO3. The van der Waals surface area contributed by atoms with Crippen LogP contribution in [-0.4, -0.2) is 25.0 Å². The van der Waals surface area contributed by atoms with Gasteiger partial charge in [0.1, 0.15) is 5.82 Å². The fraction of sp³-hybridized carbons (Fsp3) is 0.176. The van der Waals surface area contributed by atoms with E-state index in [9.17, 15) is 14.0 Å². The number of esters is 1. The fourth-order valence-corrected chi connectivity index (χ4v) is 2.94. The zero-order chi connectivity index (χ0) is 16.4. The molecule has 1 aliphatic rings. The van der Waals surface area contributed by atoms with Crippen LogP contribution in [0.2, 0.25) is 0 Å². The van der Waals surface area contributed by atoms with E-state index in [4.69, 9.17) is 4.74 Å². The minimum atomic E-state index is -0.739. The topological polar surface area (TPSA) is 46.6 Å². The van der Waals surface area contributed by atoms with Gasteiger partial charge in [0.25, 0.3) is 5.91 Å². The molecule has 118 valence electrons. The van der Waals surface area contributed by atoms with Crippen molar-refractivity contribution in [2.45, 2.75) is 6.42 Å². The predicted molar refractivity (Wildman–Crippen MR) is 86.9 cm³/mol. The molecule has 1 heterocycles.